The van der Waals surface area contributed by atoms with Crippen LogP contribution in [-0.4, -0.2) is 34.7 Å². The molecule has 0 aromatic carbocycles. The van der Waals surface area contributed by atoms with E-state index in [1.54, 1.807) is 13.8 Å². The Balaban J connectivity index is 0. The van der Waals surface area contributed by atoms with Crippen LogP contribution in [0.4, 0.5) is 0 Å². The van der Waals surface area contributed by atoms with Gasteiger partial charge in [-0.25, -0.2) is 9.59 Å². The molecule has 0 aromatic heterocycles. The molecule has 4 unspecified atom stereocenters. The number of unbranched alkanes of at least 4 members (excludes halogenated alkanes) is 3. The van der Waals surface area contributed by atoms with E-state index in [2.05, 4.69) is 27.7 Å². The zero-order valence-corrected chi connectivity index (χ0v) is 29.0. The van der Waals surface area contributed by atoms with Crippen molar-refractivity contribution in [3.63, 3.8) is 0 Å². The molecule has 0 aliphatic rings. The van der Waals surface area contributed by atoms with Crippen LogP contribution in [0, 0.1) is 23.2 Å². The number of carboxylic acid groups (broad SMARTS) is 1. The van der Waals surface area contributed by atoms with Gasteiger partial charge in [-0.2, -0.15) is 9.78 Å². The maximum atomic E-state index is 12.6. The maximum absolute atomic E-state index is 12.6. The minimum absolute atomic E-state index is 0.111. The highest BCUT2D eigenvalue weighted by atomic mass is 17.2. The topological polar surface area (TPSA) is 108 Å². The van der Waals surface area contributed by atoms with Gasteiger partial charge in [-0.15, -0.1) is 0 Å². The Morgan fingerprint density at radius 3 is 1.38 bits per heavy atom. The second kappa shape index (κ2) is 23.7. The molecule has 8 heteroatoms. The predicted molar refractivity (Wildman–Crippen MR) is 168 cm³/mol. The Morgan fingerprint density at radius 1 is 0.619 bits per heavy atom. The molecule has 0 saturated carbocycles. The van der Waals surface area contributed by atoms with Crippen molar-refractivity contribution in [1.82, 2.24) is 0 Å². The lowest BCUT2D eigenvalue weighted by Crippen LogP contribution is -2.50. The number of carbonyl (C=O) groups excluding carboxylic acids is 2. The molecule has 0 rings (SSSR count). The Morgan fingerprint density at radius 2 is 1.02 bits per heavy atom. The summed E-state index contributed by atoms with van der Waals surface area (Å²) in [4.78, 5) is 57.7. The highest BCUT2D eigenvalue weighted by molar-refractivity contribution is 5.72. The summed E-state index contributed by atoms with van der Waals surface area (Å²) in [5.41, 5.74) is -1.38. The minimum Gasteiger partial charge on any atom is -0.481 e. The van der Waals surface area contributed by atoms with E-state index in [1.807, 2.05) is 34.6 Å². The monoisotopic (exact) mass is 602 g/mol. The van der Waals surface area contributed by atoms with E-state index < -0.39 is 17.7 Å². The first kappa shape index (κ1) is 42.5. The molecule has 0 heterocycles. The van der Waals surface area contributed by atoms with E-state index in [9.17, 15) is 14.4 Å². The van der Waals surface area contributed by atoms with Gasteiger partial charge in [-0.1, -0.05) is 107 Å². The molecule has 0 spiro atoms. The Bertz CT molecular complexity index is 718. The van der Waals surface area contributed by atoms with Crippen LogP contribution >= 0.6 is 0 Å². The molecule has 0 fully saturated rings. The second-order valence-electron chi connectivity index (χ2n) is 12.8. The van der Waals surface area contributed by atoms with Crippen molar-refractivity contribution in [2.75, 3.05) is 0 Å². The number of carbonyl (C=O) groups is 3. The summed E-state index contributed by atoms with van der Waals surface area (Å²) in [5, 5.41) is 8.60. The average Bonchev–Trinajstić information content (AvgIpc) is 2.93. The molecule has 250 valence electrons. The third kappa shape index (κ3) is 17.4. The van der Waals surface area contributed by atoms with Gasteiger partial charge >= 0.3 is 17.9 Å². The van der Waals surface area contributed by atoms with Gasteiger partial charge in [-0.3, -0.25) is 14.6 Å². The van der Waals surface area contributed by atoms with E-state index in [0.29, 0.717) is 12.8 Å². The third-order valence-electron chi connectivity index (χ3n) is 8.01. The first-order chi connectivity index (χ1) is 19.7. The van der Waals surface area contributed by atoms with Crippen molar-refractivity contribution in [3.8, 4) is 0 Å². The zero-order valence-electron chi connectivity index (χ0n) is 29.0. The molecule has 0 aromatic rings. The molecule has 1 N–H and O–H groups in total. The summed E-state index contributed by atoms with van der Waals surface area (Å²) in [6.45, 7) is 22.0. The molecule has 42 heavy (non-hydrogen) atoms. The van der Waals surface area contributed by atoms with E-state index in [1.165, 1.54) is 0 Å². The zero-order chi connectivity index (χ0) is 32.8. The molecular weight excluding hydrogens is 536 g/mol. The number of rotatable bonds is 23. The van der Waals surface area contributed by atoms with Crippen molar-refractivity contribution in [2.24, 2.45) is 23.2 Å². The number of carboxylic acids is 1. The summed E-state index contributed by atoms with van der Waals surface area (Å²) in [6.07, 6.45) is 11.8. The number of hydrogen-bond acceptors (Lipinski definition) is 7. The smallest absolute Gasteiger partial charge is 0.345 e. The summed E-state index contributed by atoms with van der Waals surface area (Å²) in [5.74, 6) is -1.83. The van der Waals surface area contributed by atoms with Crippen molar-refractivity contribution in [1.29, 1.82) is 0 Å². The van der Waals surface area contributed by atoms with Gasteiger partial charge in [0, 0.05) is 0 Å². The summed E-state index contributed by atoms with van der Waals surface area (Å²) < 4.78 is 0. The summed E-state index contributed by atoms with van der Waals surface area (Å²) in [7, 11) is 0. The van der Waals surface area contributed by atoms with Crippen LogP contribution in [0.1, 0.15) is 166 Å². The first-order valence-electron chi connectivity index (χ1n) is 16.7. The Hall–Kier alpha value is -1.67. The predicted octanol–water partition coefficient (Wildman–Crippen LogP) is 9.63. The lowest BCUT2D eigenvalue weighted by atomic mass is 9.75. The molecule has 0 saturated heterocycles. The van der Waals surface area contributed by atoms with E-state index >= 15 is 0 Å². The Labute approximate surface area is 257 Å². The summed E-state index contributed by atoms with van der Waals surface area (Å²) in [6, 6.07) is 0. The average molecular weight is 603 g/mol. The van der Waals surface area contributed by atoms with E-state index in [-0.39, 0.29) is 35.1 Å². The fourth-order valence-electron chi connectivity index (χ4n) is 5.22. The van der Waals surface area contributed by atoms with Gasteiger partial charge in [0.15, 0.2) is 0 Å². The maximum Gasteiger partial charge on any atom is 0.345 e. The second-order valence-corrected chi connectivity index (χ2v) is 12.8. The number of hydrogen-bond donors (Lipinski definition) is 1. The van der Waals surface area contributed by atoms with Gasteiger partial charge in [0.1, 0.15) is 11.7 Å². The number of aliphatic carboxylic acids is 1. The van der Waals surface area contributed by atoms with Gasteiger partial charge in [0.25, 0.3) is 0 Å². The van der Waals surface area contributed by atoms with E-state index in [0.717, 1.165) is 77.0 Å². The highest BCUT2D eigenvalue weighted by Crippen LogP contribution is 2.38. The normalized spacial score (nSPS) is 14.6. The van der Waals surface area contributed by atoms with Crippen molar-refractivity contribution >= 4 is 17.9 Å². The highest BCUT2D eigenvalue weighted by Gasteiger charge is 2.46. The molecule has 8 nitrogen and oxygen atoms in total. The third-order valence-corrected chi connectivity index (χ3v) is 8.01. The molecule has 0 radical (unpaired) electrons. The summed E-state index contributed by atoms with van der Waals surface area (Å²) >= 11 is 0. The SMILES string of the molecule is CCCCC(CC)C(=O)O.CCCCC(CC)C(=O)OOC(C(C)(C)CCC)C(C)(C)OOC(=O)C(CC)CCCC. The van der Waals surface area contributed by atoms with Crippen LogP contribution in [0.2, 0.25) is 0 Å². The van der Waals surface area contributed by atoms with Crippen molar-refractivity contribution in [3.05, 3.63) is 0 Å². The van der Waals surface area contributed by atoms with E-state index in [4.69, 9.17) is 24.7 Å². The molecule has 4 atom stereocenters. The van der Waals surface area contributed by atoms with Gasteiger partial charge in [-0.05, 0) is 64.2 Å². The van der Waals surface area contributed by atoms with Crippen molar-refractivity contribution < 1.29 is 39.0 Å². The van der Waals surface area contributed by atoms with Crippen LogP contribution in [0.3, 0.4) is 0 Å². The molecule has 0 amide bonds. The largest absolute Gasteiger partial charge is 0.481 e. The first-order valence-corrected chi connectivity index (χ1v) is 16.7. The van der Waals surface area contributed by atoms with Gasteiger partial charge < -0.3 is 5.11 Å². The lowest BCUT2D eigenvalue weighted by molar-refractivity contribution is -0.402. The van der Waals surface area contributed by atoms with Gasteiger partial charge in [0.2, 0.25) is 0 Å². The van der Waals surface area contributed by atoms with Crippen LogP contribution < -0.4 is 0 Å². The molecular formula is C34H66O8. The standard InChI is InChI=1S/C26H50O6.C8H16O2/c1-10-15-17-20(13-4)22(27)29-31-24(25(6,7)19-12-3)26(8,9)32-30-23(28)21(14-5)18-16-11-2;1-3-5-6-7(4-2)8(9)10/h20-21,24H,10-19H2,1-9H3;7H,3-6H2,1-2H3,(H,9,10). The lowest BCUT2D eigenvalue weighted by Gasteiger charge is -2.41. The van der Waals surface area contributed by atoms with Crippen molar-refractivity contribution in [2.45, 2.75) is 178 Å². The fourth-order valence-corrected chi connectivity index (χ4v) is 5.22. The van der Waals surface area contributed by atoms with Gasteiger partial charge in [0.05, 0.1) is 17.8 Å². The quantitative estimate of drug-likeness (QED) is 0.0909. The minimum atomic E-state index is -1.01. The fraction of sp³-hybridized carbons (Fsp3) is 0.912. The van der Waals surface area contributed by atoms with Crippen LogP contribution in [-0.2, 0) is 33.9 Å². The molecule has 0 aliphatic heterocycles. The molecule has 0 aliphatic carbocycles. The van der Waals surface area contributed by atoms with Crippen LogP contribution in [0.25, 0.3) is 0 Å². The Kier molecular flexibility index (Phi) is 24.0. The molecule has 0 bridgehead atoms. The van der Waals surface area contributed by atoms with Crippen LogP contribution in [0.15, 0.2) is 0 Å². The van der Waals surface area contributed by atoms with Crippen LogP contribution in [0.5, 0.6) is 0 Å².